The molecule has 0 aliphatic rings. The van der Waals surface area contributed by atoms with E-state index in [0.717, 1.165) is 37.6 Å². The number of hydrogen-bond donors (Lipinski definition) is 0. The highest BCUT2D eigenvalue weighted by molar-refractivity contribution is 5.33. The molecule has 2 atom stereocenters. The molecule has 2 unspecified atom stereocenters. The molecule has 0 spiro atoms. The van der Waals surface area contributed by atoms with Crippen LogP contribution in [0.4, 0.5) is 0 Å². The topological polar surface area (TPSA) is 27.7 Å². The van der Waals surface area contributed by atoms with Gasteiger partial charge < -0.3 is 14.2 Å². The first-order chi connectivity index (χ1) is 15.6. The quantitative estimate of drug-likeness (QED) is 0.291. The van der Waals surface area contributed by atoms with Crippen molar-refractivity contribution in [1.82, 2.24) is 0 Å². The van der Waals surface area contributed by atoms with E-state index in [2.05, 4.69) is 104 Å². The minimum Gasteiger partial charge on any atom is -0.493 e. The van der Waals surface area contributed by atoms with Crippen LogP contribution in [0, 0.1) is 11.8 Å². The highest BCUT2D eigenvalue weighted by Gasteiger charge is 2.29. The van der Waals surface area contributed by atoms with Gasteiger partial charge in [0.1, 0.15) is 11.5 Å². The fourth-order valence-electron chi connectivity index (χ4n) is 3.71. The van der Waals surface area contributed by atoms with E-state index in [0.29, 0.717) is 25.0 Å². The Bertz CT molecular complexity index is 740. The van der Waals surface area contributed by atoms with Crippen molar-refractivity contribution in [3.05, 3.63) is 59.7 Å². The van der Waals surface area contributed by atoms with E-state index in [9.17, 15) is 0 Å². The molecule has 0 saturated heterocycles. The van der Waals surface area contributed by atoms with Crippen molar-refractivity contribution in [2.45, 2.75) is 79.1 Å². The van der Waals surface area contributed by atoms with Crippen LogP contribution < -0.4 is 9.47 Å². The fraction of sp³-hybridized carbons (Fsp3) is 0.600. The van der Waals surface area contributed by atoms with Gasteiger partial charge in [0.15, 0.2) is 0 Å². The Morgan fingerprint density at radius 2 is 0.939 bits per heavy atom. The van der Waals surface area contributed by atoms with Gasteiger partial charge >= 0.3 is 0 Å². The average molecular weight is 455 g/mol. The minimum atomic E-state index is -0.0280. The maximum Gasteiger partial charge on any atom is 0.119 e. The van der Waals surface area contributed by atoms with Gasteiger partial charge in [-0.05, 0) is 60.1 Å². The van der Waals surface area contributed by atoms with Crippen LogP contribution in [0.15, 0.2) is 48.5 Å². The molecule has 2 aromatic carbocycles. The van der Waals surface area contributed by atoms with E-state index in [1.54, 1.807) is 0 Å². The normalized spacial score (nSPS) is 15.3. The maximum absolute atomic E-state index is 6.41. The van der Waals surface area contributed by atoms with Crippen molar-refractivity contribution in [3.8, 4) is 11.5 Å². The average Bonchev–Trinajstić information content (AvgIpc) is 2.81. The zero-order valence-corrected chi connectivity index (χ0v) is 22.2. The van der Waals surface area contributed by atoms with Crippen molar-refractivity contribution in [2.75, 3.05) is 26.4 Å². The summed E-state index contributed by atoms with van der Waals surface area (Å²) in [7, 11) is 0. The van der Waals surface area contributed by atoms with Gasteiger partial charge in [0, 0.05) is 10.8 Å². The molecule has 3 heteroatoms. The first-order valence-corrected chi connectivity index (χ1v) is 12.7. The maximum atomic E-state index is 6.41. The number of ether oxygens (including phenoxy) is 3. The summed E-state index contributed by atoms with van der Waals surface area (Å²) in [6, 6.07) is 17.1. The first-order valence-electron chi connectivity index (χ1n) is 12.7. The molecule has 0 heterocycles. The van der Waals surface area contributed by atoms with Gasteiger partial charge in [0.2, 0.25) is 0 Å². The fourth-order valence-corrected chi connectivity index (χ4v) is 3.71. The third-order valence-electron chi connectivity index (χ3n) is 6.67. The van der Waals surface area contributed by atoms with Gasteiger partial charge in [-0.25, -0.2) is 0 Å². The summed E-state index contributed by atoms with van der Waals surface area (Å²) in [5.74, 6) is 2.92. The number of hydrogen-bond acceptors (Lipinski definition) is 3. The molecule has 33 heavy (non-hydrogen) atoms. The van der Waals surface area contributed by atoms with Crippen molar-refractivity contribution in [2.24, 2.45) is 11.8 Å². The molecule has 2 aromatic rings. The predicted octanol–water partition coefficient (Wildman–Crippen LogP) is 7.81. The molecular weight excluding hydrogens is 408 g/mol. The van der Waals surface area contributed by atoms with Gasteiger partial charge in [0.05, 0.1) is 26.4 Å². The third-order valence-corrected chi connectivity index (χ3v) is 6.67. The van der Waals surface area contributed by atoms with Gasteiger partial charge in [-0.3, -0.25) is 0 Å². The lowest BCUT2D eigenvalue weighted by atomic mass is 9.79. The van der Waals surface area contributed by atoms with E-state index >= 15 is 0 Å². The zero-order valence-electron chi connectivity index (χ0n) is 22.2. The van der Waals surface area contributed by atoms with Gasteiger partial charge in [-0.2, -0.15) is 0 Å². The van der Waals surface area contributed by atoms with Crippen LogP contribution in [-0.4, -0.2) is 26.4 Å². The van der Waals surface area contributed by atoms with Crippen molar-refractivity contribution < 1.29 is 14.2 Å². The van der Waals surface area contributed by atoms with Gasteiger partial charge in [-0.1, -0.05) is 79.7 Å². The van der Waals surface area contributed by atoms with E-state index in [-0.39, 0.29) is 10.8 Å². The molecule has 0 aliphatic heterocycles. The Labute approximate surface area is 202 Å². The Morgan fingerprint density at radius 3 is 1.21 bits per heavy atom. The summed E-state index contributed by atoms with van der Waals surface area (Å²) in [5.41, 5.74) is 2.54. The SMILES string of the molecule is CCC(C)(COCC(C)(CC)c1ccc(OCC(C)C)cc1)c1ccc(OCC(C)C)cc1. The Morgan fingerprint density at radius 1 is 0.606 bits per heavy atom. The molecule has 0 bridgehead atoms. The molecule has 2 rings (SSSR count). The number of rotatable bonds is 14. The zero-order chi connectivity index (χ0) is 24.5. The van der Waals surface area contributed by atoms with E-state index < -0.39 is 0 Å². The third kappa shape index (κ3) is 8.07. The van der Waals surface area contributed by atoms with Crippen molar-refractivity contribution in [3.63, 3.8) is 0 Å². The van der Waals surface area contributed by atoms with Gasteiger partial charge in [0.25, 0.3) is 0 Å². The summed E-state index contributed by atoms with van der Waals surface area (Å²) < 4.78 is 18.1. The Balaban J connectivity index is 2.00. The molecule has 0 radical (unpaired) electrons. The second-order valence-electron chi connectivity index (χ2n) is 10.8. The lowest BCUT2D eigenvalue weighted by molar-refractivity contribution is 0.0510. The molecule has 0 saturated carbocycles. The van der Waals surface area contributed by atoms with Crippen LogP contribution in [0.2, 0.25) is 0 Å². The predicted molar refractivity (Wildman–Crippen MR) is 140 cm³/mol. The van der Waals surface area contributed by atoms with Crippen molar-refractivity contribution in [1.29, 1.82) is 0 Å². The van der Waals surface area contributed by atoms with Crippen LogP contribution in [-0.2, 0) is 15.6 Å². The summed E-state index contributed by atoms with van der Waals surface area (Å²) in [5, 5.41) is 0. The molecule has 0 amide bonds. The molecule has 184 valence electrons. The molecule has 0 aromatic heterocycles. The van der Waals surface area contributed by atoms with Crippen LogP contribution >= 0.6 is 0 Å². The largest absolute Gasteiger partial charge is 0.493 e. The molecule has 3 nitrogen and oxygen atoms in total. The monoisotopic (exact) mass is 454 g/mol. The lowest BCUT2D eigenvalue weighted by Gasteiger charge is -2.33. The highest BCUT2D eigenvalue weighted by atomic mass is 16.5. The Hall–Kier alpha value is -2.00. The lowest BCUT2D eigenvalue weighted by Crippen LogP contribution is -2.33. The molecule has 0 aliphatic carbocycles. The smallest absolute Gasteiger partial charge is 0.119 e. The summed E-state index contributed by atoms with van der Waals surface area (Å²) in [4.78, 5) is 0. The number of benzene rings is 2. The Kier molecular flexibility index (Phi) is 10.3. The van der Waals surface area contributed by atoms with E-state index in [1.165, 1.54) is 11.1 Å². The standard InChI is InChI=1S/C30H46O3/c1-9-29(7,25-11-15-27(16-12-25)32-19-23(3)4)21-31-22-30(8,10-2)26-13-17-28(18-14-26)33-20-24(5)6/h11-18,23-24H,9-10,19-22H2,1-8H3. The van der Waals surface area contributed by atoms with Crippen LogP contribution in [0.3, 0.4) is 0 Å². The molecular formula is C30H46O3. The molecule has 0 N–H and O–H groups in total. The van der Waals surface area contributed by atoms with Crippen LogP contribution in [0.5, 0.6) is 11.5 Å². The second-order valence-corrected chi connectivity index (χ2v) is 10.8. The second kappa shape index (κ2) is 12.5. The summed E-state index contributed by atoms with van der Waals surface area (Å²) >= 11 is 0. The van der Waals surface area contributed by atoms with Crippen LogP contribution in [0.1, 0.15) is 79.4 Å². The van der Waals surface area contributed by atoms with Gasteiger partial charge in [-0.15, -0.1) is 0 Å². The van der Waals surface area contributed by atoms with Crippen molar-refractivity contribution >= 4 is 0 Å². The van der Waals surface area contributed by atoms with Crippen LogP contribution in [0.25, 0.3) is 0 Å². The molecule has 0 fully saturated rings. The van der Waals surface area contributed by atoms with E-state index in [1.807, 2.05) is 0 Å². The minimum absolute atomic E-state index is 0.0280. The first kappa shape index (κ1) is 27.2. The van der Waals surface area contributed by atoms with E-state index in [4.69, 9.17) is 14.2 Å². The summed E-state index contributed by atoms with van der Waals surface area (Å²) in [6.07, 6.45) is 2.04. The highest BCUT2D eigenvalue weighted by Crippen LogP contribution is 2.33. The summed E-state index contributed by atoms with van der Waals surface area (Å²) in [6.45, 7) is 20.6.